The van der Waals surface area contributed by atoms with Crippen LogP contribution >= 0.6 is 22.6 Å². The molecule has 2 aromatic rings. The van der Waals surface area contributed by atoms with Gasteiger partial charge in [0.2, 0.25) is 11.8 Å². The topological polar surface area (TPSA) is 116 Å². The molecule has 25 heavy (non-hydrogen) atoms. The second kappa shape index (κ2) is 9.67. The Hall–Kier alpha value is -2.55. The van der Waals surface area contributed by atoms with E-state index in [2.05, 4.69) is 22.6 Å². The van der Waals surface area contributed by atoms with Crippen molar-refractivity contribution in [3.63, 3.8) is 0 Å². The minimum Gasteiger partial charge on any atom is -0.508 e. The number of amides is 2. The summed E-state index contributed by atoms with van der Waals surface area (Å²) >= 11 is 2.10. The molecule has 0 aliphatic rings. The van der Waals surface area contributed by atoms with Gasteiger partial charge in [0.05, 0.1) is 7.11 Å². The van der Waals surface area contributed by atoms with Crippen LogP contribution in [0.2, 0.25) is 0 Å². The van der Waals surface area contributed by atoms with Gasteiger partial charge >= 0.3 is 0 Å². The Morgan fingerprint density at radius 1 is 1.04 bits per heavy atom. The van der Waals surface area contributed by atoms with Gasteiger partial charge in [-0.3, -0.25) is 9.59 Å². The van der Waals surface area contributed by atoms with Crippen LogP contribution in [-0.2, 0) is 0 Å². The fourth-order valence-electron chi connectivity index (χ4n) is 1.89. The maximum absolute atomic E-state index is 10.8. The molecular weight excluding hydrogens is 435 g/mol. The fraction of sp³-hybridized carbons (Fsp3) is 0.111. The molecule has 2 aromatic carbocycles. The molecular formula is C18H19IN2O4. The molecule has 0 fully saturated rings. The summed E-state index contributed by atoms with van der Waals surface area (Å²) in [7, 11) is 1.55. The van der Waals surface area contributed by atoms with Gasteiger partial charge in [-0.2, -0.15) is 0 Å². The number of rotatable bonds is 4. The highest BCUT2D eigenvalue weighted by Crippen LogP contribution is 2.18. The molecule has 0 saturated carbocycles. The molecule has 0 saturated heterocycles. The van der Waals surface area contributed by atoms with E-state index in [1.54, 1.807) is 37.5 Å². The van der Waals surface area contributed by atoms with Gasteiger partial charge in [0.1, 0.15) is 11.5 Å². The number of carbonyl (C=O) groups excluding carboxylic acids is 2. The summed E-state index contributed by atoms with van der Waals surface area (Å²) in [5.41, 5.74) is 11.7. The predicted octanol–water partition coefficient (Wildman–Crippen LogP) is 2.92. The summed E-state index contributed by atoms with van der Waals surface area (Å²) < 4.78 is 5.90. The molecule has 2 rings (SSSR count). The average Bonchev–Trinajstić information content (AvgIpc) is 2.54. The van der Waals surface area contributed by atoms with Crippen molar-refractivity contribution in [2.75, 3.05) is 7.11 Å². The fourth-order valence-corrected chi connectivity index (χ4v) is 2.53. The van der Waals surface area contributed by atoms with Crippen LogP contribution in [0.5, 0.6) is 11.5 Å². The summed E-state index contributed by atoms with van der Waals surface area (Å²) in [4.78, 5) is 21.6. The van der Waals surface area contributed by atoms with Crippen molar-refractivity contribution < 1.29 is 19.4 Å². The molecule has 0 aliphatic carbocycles. The number of nitrogens with two attached hydrogens (primary N) is 2. The predicted molar refractivity (Wildman–Crippen MR) is 106 cm³/mol. The first-order valence-corrected chi connectivity index (χ1v) is 8.25. The molecule has 0 atom stereocenters. The van der Waals surface area contributed by atoms with Gasteiger partial charge in [0, 0.05) is 14.7 Å². The summed E-state index contributed by atoms with van der Waals surface area (Å²) in [6.45, 7) is 1.86. The quantitative estimate of drug-likeness (QED) is 0.617. The SMILES string of the molecule is C/C=C/c1cc(O)cc(C(N)=O)c1.COc1cc(I)cc(C(N)=O)c1. The monoisotopic (exact) mass is 454 g/mol. The number of phenols is 1. The zero-order valence-electron chi connectivity index (χ0n) is 13.8. The molecule has 2 amide bonds. The Labute approximate surface area is 159 Å². The molecule has 5 N–H and O–H groups in total. The van der Waals surface area contributed by atoms with E-state index in [1.807, 2.05) is 19.1 Å². The zero-order chi connectivity index (χ0) is 19.0. The maximum atomic E-state index is 10.8. The van der Waals surface area contributed by atoms with Gasteiger partial charge in [0.25, 0.3) is 0 Å². The van der Waals surface area contributed by atoms with Crippen LogP contribution < -0.4 is 16.2 Å². The first-order valence-electron chi connectivity index (χ1n) is 7.17. The number of hydrogen-bond donors (Lipinski definition) is 3. The lowest BCUT2D eigenvalue weighted by molar-refractivity contribution is 0.0991. The van der Waals surface area contributed by atoms with E-state index >= 15 is 0 Å². The molecule has 0 aromatic heterocycles. The highest BCUT2D eigenvalue weighted by molar-refractivity contribution is 14.1. The number of aromatic hydroxyl groups is 1. The zero-order valence-corrected chi connectivity index (χ0v) is 16.0. The van der Waals surface area contributed by atoms with E-state index in [0.29, 0.717) is 16.9 Å². The Balaban J connectivity index is 0.000000251. The highest BCUT2D eigenvalue weighted by atomic mass is 127. The Kier molecular flexibility index (Phi) is 7.93. The van der Waals surface area contributed by atoms with Gasteiger partial charge in [-0.25, -0.2) is 0 Å². The number of phenolic OH excluding ortho intramolecular Hbond substituents is 1. The minimum atomic E-state index is -0.540. The summed E-state index contributed by atoms with van der Waals surface area (Å²) in [5.74, 6) is -0.284. The number of primary amides is 2. The second-order valence-electron chi connectivity index (χ2n) is 4.92. The largest absolute Gasteiger partial charge is 0.508 e. The summed E-state index contributed by atoms with van der Waals surface area (Å²) in [5, 5.41) is 9.23. The molecule has 132 valence electrons. The van der Waals surface area contributed by atoms with Crippen LogP contribution in [0.3, 0.4) is 0 Å². The van der Waals surface area contributed by atoms with Crippen molar-refractivity contribution >= 4 is 40.5 Å². The van der Waals surface area contributed by atoms with Crippen LogP contribution in [0.1, 0.15) is 33.2 Å². The minimum absolute atomic E-state index is 0.0457. The Bertz CT molecular complexity index is 804. The van der Waals surface area contributed by atoms with E-state index in [4.69, 9.17) is 16.2 Å². The Morgan fingerprint density at radius 2 is 1.64 bits per heavy atom. The average molecular weight is 454 g/mol. The van der Waals surface area contributed by atoms with Gasteiger partial charge in [-0.15, -0.1) is 0 Å². The van der Waals surface area contributed by atoms with Gasteiger partial charge in [0.15, 0.2) is 0 Å². The number of allylic oxidation sites excluding steroid dienone is 1. The Morgan fingerprint density at radius 3 is 2.16 bits per heavy atom. The van der Waals surface area contributed by atoms with Crippen LogP contribution in [0, 0.1) is 3.57 Å². The van der Waals surface area contributed by atoms with Crippen molar-refractivity contribution in [2.45, 2.75) is 6.92 Å². The van der Waals surface area contributed by atoms with Gasteiger partial charge < -0.3 is 21.3 Å². The number of halogens is 1. The van der Waals surface area contributed by atoms with E-state index in [9.17, 15) is 14.7 Å². The maximum Gasteiger partial charge on any atom is 0.248 e. The van der Waals surface area contributed by atoms with Gasteiger partial charge in [-0.05, 0) is 71.5 Å². The van der Waals surface area contributed by atoms with Crippen LogP contribution in [0.4, 0.5) is 0 Å². The van der Waals surface area contributed by atoms with Crippen molar-refractivity contribution in [1.82, 2.24) is 0 Å². The third-order valence-corrected chi connectivity index (χ3v) is 3.60. The smallest absolute Gasteiger partial charge is 0.248 e. The van der Waals surface area contributed by atoms with Crippen molar-refractivity contribution in [2.24, 2.45) is 11.5 Å². The summed E-state index contributed by atoms with van der Waals surface area (Å²) in [6.07, 6.45) is 3.60. The van der Waals surface area contributed by atoms with Crippen molar-refractivity contribution in [3.05, 3.63) is 62.7 Å². The second-order valence-corrected chi connectivity index (χ2v) is 6.17. The van der Waals surface area contributed by atoms with Gasteiger partial charge in [-0.1, -0.05) is 12.2 Å². The van der Waals surface area contributed by atoms with E-state index in [0.717, 1.165) is 9.13 Å². The third-order valence-electron chi connectivity index (χ3n) is 2.98. The lowest BCUT2D eigenvalue weighted by Crippen LogP contribution is -2.11. The van der Waals surface area contributed by atoms with Crippen LogP contribution in [0.15, 0.2) is 42.5 Å². The van der Waals surface area contributed by atoms with Crippen LogP contribution in [0.25, 0.3) is 6.08 Å². The van der Waals surface area contributed by atoms with E-state index in [-0.39, 0.29) is 5.75 Å². The standard InChI is InChI=1S/C10H11NO2.C8H8INO2/c1-2-3-7-4-8(10(11)13)6-9(12)5-7;1-12-7-3-5(8(10)11)2-6(9)4-7/h2-6,12H,1H3,(H2,11,13);2-4H,1H3,(H2,10,11)/b3-2+;. The number of carbonyl (C=O) groups is 2. The highest BCUT2D eigenvalue weighted by Gasteiger charge is 2.04. The molecule has 6 nitrogen and oxygen atoms in total. The number of methoxy groups -OCH3 is 1. The lowest BCUT2D eigenvalue weighted by Gasteiger charge is -2.02. The molecule has 0 radical (unpaired) electrons. The van der Waals surface area contributed by atoms with Crippen LogP contribution in [-0.4, -0.2) is 24.0 Å². The lowest BCUT2D eigenvalue weighted by atomic mass is 10.1. The number of ether oxygens (including phenoxy) is 1. The molecule has 0 heterocycles. The molecule has 0 spiro atoms. The summed E-state index contributed by atoms with van der Waals surface area (Å²) in [6, 6.07) is 9.69. The number of benzene rings is 2. The first kappa shape index (κ1) is 20.5. The third kappa shape index (κ3) is 6.84. The molecule has 7 heteroatoms. The molecule has 0 unspecified atom stereocenters. The van der Waals surface area contributed by atoms with E-state index < -0.39 is 11.8 Å². The van der Waals surface area contributed by atoms with Crippen molar-refractivity contribution in [1.29, 1.82) is 0 Å². The van der Waals surface area contributed by atoms with Crippen molar-refractivity contribution in [3.8, 4) is 11.5 Å². The molecule has 0 aliphatic heterocycles. The normalized spacial score (nSPS) is 10.0. The molecule has 0 bridgehead atoms. The number of hydrogen-bond acceptors (Lipinski definition) is 4. The van der Waals surface area contributed by atoms with E-state index in [1.165, 1.54) is 6.07 Å². The first-order chi connectivity index (χ1) is 11.8.